The summed E-state index contributed by atoms with van der Waals surface area (Å²) in [5, 5.41) is -0.204. The Hall–Kier alpha value is -1.67. The average Bonchev–Trinajstić information content (AvgIpc) is 2.49. The second-order valence-electron chi connectivity index (χ2n) is 5.22. The molecule has 0 N–H and O–H groups in total. The molecule has 0 fully saturated rings. The van der Waals surface area contributed by atoms with Crippen LogP contribution in [0.2, 0.25) is 0 Å². The van der Waals surface area contributed by atoms with Crippen molar-refractivity contribution in [3.63, 3.8) is 0 Å². The molecule has 1 unspecified atom stereocenters. The highest BCUT2D eigenvalue weighted by Crippen LogP contribution is 2.39. The molecular weight excluding hydrogens is 284 g/mol. The van der Waals surface area contributed by atoms with Gasteiger partial charge in [-0.05, 0) is 60.7 Å². The van der Waals surface area contributed by atoms with Gasteiger partial charge in [-0.1, -0.05) is 18.2 Å². The van der Waals surface area contributed by atoms with Crippen LogP contribution >= 0.6 is 11.6 Å². The third-order valence-electron chi connectivity index (χ3n) is 3.96. The third-order valence-corrected chi connectivity index (χ3v) is 4.44. The summed E-state index contributed by atoms with van der Waals surface area (Å²) >= 11 is 6.74. The molecule has 0 spiro atoms. The van der Waals surface area contributed by atoms with Crippen LogP contribution in [0, 0.1) is 20.8 Å². The van der Waals surface area contributed by atoms with Gasteiger partial charge in [-0.15, -0.1) is 11.6 Å². The minimum atomic E-state index is -0.204. The molecule has 0 aliphatic rings. The van der Waals surface area contributed by atoms with Crippen LogP contribution in [0.1, 0.15) is 33.2 Å². The van der Waals surface area contributed by atoms with Crippen molar-refractivity contribution in [3.05, 3.63) is 58.1 Å². The molecular formula is C18H21ClO2. The van der Waals surface area contributed by atoms with Gasteiger partial charge >= 0.3 is 0 Å². The molecule has 2 nitrogen and oxygen atoms in total. The van der Waals surface area contributed by atoms with Gasteiger partial charge in [0.15, 0.2) is 11.5 Å². The summed E-state index contributed by atoms with van der Waals surface area (Å²) in [6, 6.07) is 10.2. The van der Waals surface area contributed by atoms with E-state index >= 15 is 0 Å². The Morgan fingerprint density at radius 3 is 2.10 bits per heavy atom. The summed E-state index contributed by atoms with van der Waals surface area (Å²) < 4.78 is 10.7. The first kappa shape index (κ1) is 15.7. The lowest BCUT2D eigenvalue weighted by Crippen LogP contribution is -2.02. The monoisotopic (exact) mass is 304 g/mol. The summed E-state index contributed by atoms with van der Waals surface area (Å²) in [4.78, 5) is 0. The van der Waals surface area contributed by atoms with E-state index in [4.69, 9.17) is 21.1 Å². The molecule has 0 bridgehead atoms. The largest absolute Gasteiger partial charge is 0.493 e. The molecule has 0 saturated carbocycles. The van der Waals surface area contributed by atoms with Crippen LogP contribution in [-0.4, -0.2) is 14.2 Å². The Balaban J connectivity index is 2.53. The predicted molar refractivity (Wildman–Crippen MR) is 87.9 cm³/mol. The summed E-state index contributed by atoms with van der Waals surface area (Å²) in [7, 11) is 3.28. The summed E-state index contributed by atoms with van der Waals surface area (Å²) in [6.07, 6.45) is 0. The molecule has 0 saturated heterocycles. The van der Waals surface area contributed by atoms with Gasteiger partial charge in [0.25, 0.3) is 0 Å². The molecule has 21 heavy (non-hydrogen) atoms. The molecule has 0 radical (unpaired) electrons. The fourth-order valence-corrected chi connectivity index (χ4v) is 2.96. The smallest absolute Gasteiger partial charge is 0.161 e. The SMILES string of the molecule is COc1cc(C)c(C(Cl)c2cccc(C)c2C)cc1OC. The number of benzene rings is 2. The fourth-order valence-electron chi connectivity index (χ4n) is 2.49. The molecule has 2 rings (SSSR count). The van der Waals surface area contributed by atoms with Crippen molar-refractivity contribution in [2.24, 2.45) is 0 Å². The van der Waals surface area contributed by atoms with Crippen molar-refractivity contribution in [1.29, 1.82) is 0 Å². The van der Waals surface area contributed by atoms with Gasteiger partial charge in [0.05, 0.1) is 19.6 Å². The van der Waals surface area contributed by atoms with Crippen molar-refractivity contribution in [2.75, 3.05) is 14.2 Å². The topological polar surface area (TPSA) is 18.5 Å². The lowest BCUT2D eigenvalue weighted by Gasteiger charge is -2.19. The zero-order chi connectivity index (χ0) is 15.6. The number of rotatable bonds is 4. The van der Waals surface area contributed by atoms with Gasteiger partial charge in [0.1, 0.15) is 0 Å². The lowest BCUT2D eigenvalue weighted by atomic mass is 9.94. The lowest BCUT2D eigenvalue weighted by molar-refractivity contribution is 0.354. The van der Waals surface area contributed by atoms with E-state index in [0.29, 0.717) is 5.75 Å². The second kappa shape index (κ2) is 6.40. The summed E-state index contributed by atoms with van der Waals surface area (Å²) in [5.74, 6) is 1.43. The van der Waals surface area contributed by atoms with Crippen molar-refractivity contribution in [3.8, 4) is 11.5 Å². The number of methoxy groups -OCH3 is 2. The molecule has 3 heteroatoms. The van der Waals surface area contributed by atoms with Crippen molar-refractivity contribution >= 4 is 11.6 Å². The van der Waals surface area contributed by atoms with Crippen LogP contribution in [0.4, 0.5) is 0 Å². The normalized spacial score (nSPS) is 12.1. The summed E-state index contributed by atoms with van der Waals surface area (Å²) in [6.45, 7) is 6.25. The highest BCUT2D eigenvalue weighted by molar-refractivity contribution is 6.22. The van der Waals surface area contributed by atoms with E-state index in [1.54, 1.807) is 14.2 Å². The van der Waals surface area contributed by atoms with E-state index in [2.05, 4.69) is 26.0 Å². The van der Waals surface area contributed by atoms with E-state index < -0.39 is 0 Å². The highest BCUT2D eigenvalue weighted by Gasteiger charge is 2.19. The second-order valence-corrected chi connectivity index (χ2v) is 5.65. The Kier molecular flexibility index (Phi) is 4.79. The van der Waals surface area contributed by atoms with E-state index in [1.165, 1.54) is 11.1 Å². The highest BCUT2D eigenvalue weighted by atomic mass is 35.5. The van der Waals surface area contributed by atoms with Gasteiger partial charge in [-0.3, -0.25) is 0 Å². The minimum absolute atomic E-state index is 0.204. The van der Waals surface area contributed by atoms with Crippen LogP contribution < -0.4 is 9.47 Å². The minimum Gasteiger partial charge on any atom is -0.493 e. The van der Waals surface area contributed by atoms with E-state index in [-0.39, 0.29) is 5.38 Å². The van der Waals surface area contributed by atoms with Crippen LogP contribution in [-0.2, 0) is 0 Å². The van der Waals surface area contributed by atoms with Crippen LogP contribution in [0.5, 0.6) is 11.5 Å². The van der Waals surface area contributed by atoms with E-state index in [0.717, 1.165) is 22.4 Å². The Morgan fingerprint density at radius 2 is 1.48 bits per heavy atom. The van der Waals surface area contributed by atoms with E-state index in [1.807, 2.05) is 25.1 Å². The maximum Gasteiger partial charge on any atom is 0.161 e. The standard InChI is InChI=1S/C18H21ClO2/c1-11-7-6-8-14(13(11)3)18(19)15-10-17(21-5)16(20-4)9-12(15)2/h6-10,18H,1-5H3. The van der Waals surface area contributed by atoms with Gasteiger partial charge in [0.2, 0.25) is 0 Å². The molecule has 0 amide bonds. The van der Waals surface area contributed by atoms with Crippen molar-refractivity contribution in [1.82, 2.24) is 0 Å². The first-order chi connectivity index (χ1) is 9.99. The molecule has 2 aromatic carbocycles. The van der Waals surface area contributed by atoms with Crippen molar-refractivity contribution in [2.45, 2.75) is 26.1 Å². The number of aryl methyl sites for hydroxylation is 2. The molecule has 2 aromatic rings. The maximum absolute atomic E-state index is 6.74. The maximum atomic E-state index is 6.74. The zero-order valence-corrected chi connectivity index (χ0v) is 13.9. The van der Waals surface area contributed by atoms with Crippen LogP contribution in [0.3, 0.4) is 0 Å². The number of hydrogen-bond acceptors (Lipinski definition) is 2. The quantitative estimate of drug-likeness (QED) is 0.743. The average molecular weight is 305 g/mol. The van der Waals surface area contributed by atoms with Crippen LogP contribution in [0.15, 0.2) is 30.3 Å². The Morgan fingerprint density at radius 1 is 0.857 bits per heavy atom. The van der Waals surface area contributed by atoms with Crippen LogP contribution in [0.25, 0.3) is 0 Å². The number of halogens is 1. The van der Waals surface area contributed by atoms with Crippen molar-refractivity contribution < 1.29 is 9.47 Å². The molecule has 0 aliphatic heterocycles. The van der Waals surface area contributed by atoms with Gasteiger partial charge in [0, 0.05) is 0 Å². The Labute approximate surface area is 131 Å². The predicted octanol–water partition coefficient (Wildman–Crippen LogP) is 4.96. The van der Waals surface area contributed by atoms with Gasteiger partial charge in [-0.25, -0.2) is 0 Å². The first-order valence-electron chi connectivity index (χ1n) is 6.92. The van der Waals surface area contributed by atoms with Gasteiger partial charge in [-0.2, -0.15) is 0 Å². The third kappa shape index (κ3) is 3.01. The molecule has 0 heterocycles. The molecule has 112 valence electrons. The van der Waals surface area contributed by atoms with E-state index in [9.17, 15) is 0 Å². The fraction of sp³-hybridized carbons (Fsp3) is 0.333. The molecule has 0 aromatic heterocycles. The molecule has 1 atom stereocenters. The number of ether oxygens (including phenoxy) is 2. The zero-order valence-electron chi connectivity index (χ0n) is 13.2. The summed E-state index contributed by atoms with van der Waals surface area (Å²) in [5.41, 5.74) is 5.74. The number of alkyl halides is 1. The first-order valence-corrected chi connectivity index (χ1v) is 7.36. The Bertz CT molecular complexity index is 650. The molecule has 0 aliphatic carbocycles. The number of hydrogen-bond donors (Lipinski definition) is 0. The van der Waals surface area contributed by atoms with Gasteiger partial charge < -0.3 is 9.47 Å².